The van der Waals surface area contributed by atoms with Crippen molar-refractivity contribution in [1.82, 2.24) is 19.3 Å². The molecule has 2 aromatic heterocycles. The summed E-state index contributed by atoms with van der Waals surface area (Å²) in [5.74, 6) is 0.546. The number of anilines is 1. The maximum absolute atomic E-state index is 12.5. The molecule has 7 heteroatoms. The molecule has 1 saturated heterocycles. The number of imidazole rings is 1. The van der Waals surface area contributed by atoms with Crippen molar-refractivity contribution in [3.63, 3.8) is 0 Å². The molecule has 0 unspecified atom stereocenters. The summed E-state index contributed by atoms with van der Waals surface area (Å²) in [5.41, 5.74) is 1.13. The molecule has 0 aliphatic carbocycles. The fraction of sp³-hybridized carbons (Fsp3) is 0.250. The molecule has 2 aromatic rings. The van der Waals surface area contributed by atoms with Gasteiger partial charge in [0.2, 0.25) is 5.78 Å². The first kappa shape index (κ1) is 11.5. The maximum atomic E-state index is 12.5. The molecule has 0 atom stereocenters. The number of hydrogen-bond donors (Lipinski definition) is 1. The summed E-state index contributed by atoms with van der Waals surface area (Å²) >= 11 is 0. The summed E-state index contributed by atoms with van der Waals surface area (Å²) in [6.07, 6.45) is 3.38. The number of carbonyl (C=O) groups is 1. The van der Waals surface area contributed by atoms with Crippen LogP contribution in [0.5, 0.6) is 0 Å². The van der Waals surface area contributed by atoms with E-state index in [0.717, 1.165) is 0 Å². The van der Waals surface area contributed by atoms with Gasteiger partial charge >= 0.3 is 6.03 Å². The number of fused-ring (bicyclic) bond motifs is 1. The molecule has 19 heavy (non-hydrogen) atoms. The van der Waals surface area contributed by atoms with Crippen molar-refractivity contribution in [3.8, 4) is 0 Å². The number of aromatic nitrogens is 3. The average Bonchev–Trinajstić information content (AvgIpc) is 2.84. The minimum Gasteiger partial charge on any atom is -0.320 e. The molecular weight excluding hydrogens is 246 g/mol. The van der Waals surface area contributed by atoms with Gasteiger partial charge < -0.3 is 9.88 Å². The van der Waals surface area contributed by atoms with Crippen molar-refractivity contribution in [2.24, 2.45) is 7.05 Å². The Morgan fingerprint density at radius 1 is 1.37 bits per heavy atom. The van der Waals surface area contributed by atoms with Gasteiger partial charge in [-0.25, -0.2) is 9.78 Å². The number of hydrogen-bond acceptors (Lipinski definition) is 3. The molecule has 1 fully saturated rings. The fourth-order valence-corrected chi connectivity index (χ4v) is 2.25. The van der Waals surface area contributed by atoms with E-state index < -0.39 is 0 Å². The number of rotatable bonds is 1. The second-order valence-corrected chi connectivity index (χ2v) is 4.55. The van der Waals surface area contributed by atoms with Crippen LogP contribution in [0.25, 0.3) is 5.78 Å². The van der Waals surface area contributed by atoms with E-state index in [2.05, 4.69) is 16.9 Å². The average molecular weight is 259 g/mol. The molecular formula is C12H13N5O2. The Hall–Kier alpha value is -2.57. The van der Waals surface area contributed by atoms with Crippen molar-refractivity contribution < 1.29 is 4.79 Å². The van der Waals surface area contributed by atoms with Crippen molar-refractivity contribution in [2.45, 2.75) is 6.92 Å². The van der Waals surface area contributed by atoms with E-state index in [0.29, 0.717) is 22.9 Å². The molecule has 7 nitrogen and oxygen atoms in total. The van der Waals surface area contributed by atoms with E-state index in [1.807, 2.05) is 7.05 Å². The molecule has 0 bridgehead atoms. The standard InChI is InChI=1S/C12H13N5O2/c1-7-6-17(12(19)13-7)9-8(2)14-11-15(3)4-5-16(11)10(9)18/h4-5H,1,6H2,2-3H3,(H,13,19). The van der Waals surface area contributed by atoms with Crippen LogP contribution in [0.15, 0.2) is 29.5 Å². The van der Waals surface area contributed by atoms with Gasteiger partial charge in [-0.3, -0.25) is 14.1 Å². The van der Waals surface area contributed by atoms with Crippen LogP contribution in [-0.4, -0.2) is 26.5 Å². The molecule has 0 aromatic carbocycles. The Balaban J connectivity index is 2.27. The van der Waals surface area contributed by atoms with E-state index in [1.54, 1.807) is 23.9 Å². The highest BCUT2D eigenvalue weighted by Crippen LogP contribution is 2.18. The zero-order chi connectivity index (χ0) is 13.7. The number of nitrogens with one attached hydrogen (secondary N) is 1. The number of carbonyl (C=O) groups excluding carboxylic acids is 1. The van der Waals surface area contributed by atoms with E-state index in [4.69, 9.17) is 0 Å². The lowest BCUT2D eigenvalue weighted by molar-refractivity contribution is 0.252. The summed E-state index contributed by atoms with van der Waals surface area (Å²) in [5, 5.41) is 2.58. The quantitative estimate of drug-likeness (QED) is 0.805. The van der Waals surface area contributed by atoms with Gasteiger partial charge in [0.25, 0.3) is 5.56 Å². The minimum absolute atomic E-state index is 0.257. The van der Waals surface area contributed by atoms with Crippen molar-refractivity contribution in [3.05, 3.63) is 40.7 Å². The maximum Gasteiger partial charge on any atom is 0.326 e. The normalized spacial score (nSPS) is 15.4. The van der Waals surface area contributed by atoms with Crippen LogP contribution in [-0.2, 0) is 7.05 Å². The Kier molecular flexibility index (Phi) is 2.25. The van der Waals surface area contributed by atoms with Gasteiger partial charge in [-0.05, 0) is 6.92 Å². The highest BCUT2D eigenvalue weighted by molar-refractivity contribution is 5.96. The smallest absolute Gasteiger partial charge is 0.320 e. The highest BCUT2D eigenvalue weighted by Gasteiger charge is 2.29. The second-order valence-electron chi connectivity index (χ2n) is 4.55. The van der Waals surface area contributed by atoms with Crippen molar-refractivity contribution >= 4 is 17.5 Å². The molecule has 1 N–H and O–H groups in total. The summed E-state index contributed by atoms with van der Waals surface area (Å²) in [7, 11) is 1.81. The lowest BCUT2D eigenvalue weighted by Crippen LogP contribution is -2.34. The van der Waals surface area contributed by atoms with Gasteiger partial charge in [-0.1, -0.05) is 6.58 Å². The Labute approximate surface area is 108 Å². The molecule has 1 aliphatic heterocycles. The molecule has 0 radical (unpaired) electrons. The minimum atomic E-state index is -0.345. The molecule has 2 amide bonds. The van der Waals surface area contributed by atoms with Crippen LogP contribution in [0.3, 0.4) is 0 Å². The summed E-state index contributed by atoms with van der Waals surface area (Å²) < 4.78 is 3.18. The lowest BCUT2D eigenvalue weighted by Gasteiger charge is -2.15. The van der Waals surface area contributed by atoms with Gasteiger partial charge in [0.05, 0.1) is 12.2 Å². The topological polar surface area (TPSA) is 71.6 Å². The summed E-state index contributed by atoms with van der Waals surface area (Å²) in [6.45, 7) is 5.71. The highest BCUT2D eigenvalue weighted by atomic mass is 16.2. The van der Waals surface area contributed by atoms with Gasteiger partial charge in [0.15, 0.2) is 0 Å². The van der Waals surface area contributed by atoms with E-state index in [1.165, 1.54) is 9.30 Å². The van der Waals surface area contributed by atoms with E-state index in [9.17, 15) is 9.59 Å². The van der Waals surface area contributed by atoms with Gasteiger partial charge in [0, 0.05) is 25.1 Å². The third-order valence-corrected chi connectivity index (χ3v) is 3.15. The first-order valence-corrected chi connectivity index (χ1v) is 5.79. The number of urea groups is 1. The molecule has 0 saturated carbocycles. The van der Waals surface area contributed by atoms with Gasteiger partial charge in [-0.2, -0.15) is 0 Å². The van der Waals surface area contributed by atoms with E-state index >= 15 is 0 Å². The molecule has 3 rings (SSSR count). The third kappa shape index (κ3) is 1.55. The van der Waals surface area contributed by atoms with Crippen LogP contribution >= 0.6 is 0 Å². The molecule has 1 aliphatic rings. The second kappa shape index (κ2) is 3.71. The summed E-state index contributed by atoms with van der Waals surface area (Å²) in [6, 6.07) is -0.345. The summed E-state index contributed by atoms with van der Waals surface area (Å²) in [4.78, 5) is 30.0. The fourth-order valence-electron chi connectivity index (χ4n) is 2.25. The van der Waals surface area contributed by atoms with E-state index in [-0.39, 0.29) is 18.1 Å². The van der Waals surface area contributed by atoms with Crippen molar-refractivity contribution in [1.29, 1.82) is 0 Å². The van der Waals surface area contributed by atoms with Crippen molar-refractivity contribution in [2.75, 3.05) is 11.4 Å². The predicted octanol–water partition coefficient (Wildman–Crippen LogP) is 0.385. The first-order valence-electron chi connectivity index (χ1n) is 5.79. The van der Waals surface area contributed by atoms with Gasteiger partial charge in [0.1, 0.15) is 5.69 Å². The zero-order valence-electron chi connectivity index (χ0n) is 10.7. The third-order valence-electron chi connectivity index (χ3n) is 3.15. The number of amides is 2. The largest absolute Gasteiger partial charge is 0.326 e. The monoisotopic (exact) mass is 259 g/mol. The Morgan fingerprint density at radius 3 is 2.74 bits per heavy atom. The van der Waals surface area contributed by atoms with Crippen LogP contribution in [0.4, 0.5) is 10.5 Å². The van der Waals surface area contributed by atoms with Crippen LogP contribution in [0, 0.1) is 6.92 Å². The Morgan fingerprint density at radius 2 is 2.11 bits per heavy atom. The van der Waals surface area contributed by atoms with Gasteiger partial charge in [-0.15, -0.1) is 0 Å². The molecule has 0 spiro atoms. The Bertz CT molecular complexity index is 770. The van der Waals surface area contributed by atoms with Crippen LogP contribution in [0.1, 0.15) is 5.69 Å². The lowest BCUT2D eigenvalue weighted by atomic mass is 10.3. The SMILES string of the molecule is C=C1CN(c2c(C)nc3n(C)ccn3c2=O)C(=O)N1. The van der Waals surface area contributed by atoms with Crippen LogP contribution in [0.2, 0.25) is 0 Å². The number of aryl methyl sites for hydroxylation is 2. The molecule has 98 valence electrons. The zero-order valence-corrected chi connectivity index (χ0v) is 10.7. The van der Waals surface area contributed by atoms with Crippen LogP contribution < -0.4 is 15.8 Å². The molecule has 3 heterocycles. The predicted molar refractivity (Wildman–Crippen MR) is 70.2 cm³/mol. The first-order chi connectivity index (χ1) is 8.99. The number of nitrogens with zero attached hydrogens (tertiary/aromatic N) is 4.